The molecule has 1 atom stereocenters. The number of ether oxygens (including phenoxy) is 1. The number of likely N-dealkylation sites (N-methyl/N-ethyl adjacent to an activating group) is 1. The van der Waals surface area contributed by atoms with Crippen LogP contribution in [0.25, 0.3) is 10.9 Å². The maximum atomic E-state index is 6.12. The van der Waals surface area contributed by atoms with Gasteiger partial charge in [-0.3, -0.25) is 4.90 Å². The monoisotopic (exact) mass is 294 g/mol. The summed E-state index contributed by atoms with van der Waals surface area (Å²) in [5.74, 6) is 0. The Labute approximate surface area is 131 Å². The highest BCUT2D eigenvalue weighted by Crippen LogP contribution is 2.20. The summed E-state index contributed by atoms with van der Waals surface area (Å²) in [5.41, 5.74) is 3.67. The molecule has 0 spiro atoms. The second kappa shape index (κ2) is 6.77. The highest BCUT2D eigenvalue weighted by atomic mass is 16.5. The van der Waals surface area contributed by atoms with E-state index in [0.29, 0.717) is 6.61 Å². The molecular formula is C19H22N2O. The quantitative estimate of drug-likeness (QED) is 0.700. The van der Waals surface area contributed by atoms with Gasteiger partial charge in [0.05, 0.1) is 6.61 Å². The van der Waals surface area contributed by atoms with Gasteiger partial charge in [-0.1, -0.05) is 48.5 Å². The van der Waals surface area contributed by atoms with Crippen molar-refractivity contribution in [2.24, 2.45) is 0 Å². The van der Waals surface area contributed by atoms with Crippen LogP contribution in [-0.2, 0) is 17.8 Å². The van der Waals surface area contributed by atoms with Crippen molar-refractivity contribution >= 4 is 10.9 Å². The van der Waals surface area contributed by atoms with Crippen LogP contribution in [0.4, 0.5) is 0 Å². The van der Waals surface area contributed by atoms with Gasteiger partial charge in [0.2, 0.25) is 0 Å². The topological polar surface area (TPSA) is 28.3 Å². The van der Waals surface area contributed by atoms with Crippen molar-refractivity contribution in [1.29, 1.82) is 0 Å². The first-order valence-electron chi connectivity index (χ1n) is 7.61. The molecule has 2 aromatic carbocycles. The van der Waals surface area contributed by atoms with E-state index in [2.05, 4.69) is 66.6 Å². The van der Waals surface area contributed by atoms with E-state index in [1.54, 1.807) is 0 Å². The van der Waals surface area contributed by atoms with E-state index in [4.69, 9.17) is 4.74 Å². The summed E-state index contributed by atoms with van der Waals surface area (Å²) in [4.78, 5) is 5.46. The van der Waals surface area contributed by atoms with Crippen LogP contribution < -0.4 is 0 Å². The average Bonchev–Trinajstić information content (AvgIpc) is 2.95. The molecule has 1 aromatic heterocycles. The fourth-order valence-corrected chi connectivity index (χ4v) is 2.65. The number of fused-ring (bicyclic) bond motifs is 1. The van der Waals surface area contributed by atoms with Crippen LogP contribution in [0.2, 0.25) is 0 Å². The number of hydrogen-bond donors (Lipinski definition) is 1. The minimum Gasteiger partial charge on any atom is -0.361 e. The van der Waals surface area contributed by atoms with Gasteiger partial charge in [-0.2, -0.15) is 0 Å². The van der Waals surface area contributed by atoms with E-state index in [-0.39, 0.29) is 6.23 Å². The number of aromatic amines is 1. The molecule has 0 fully saturated rings. The summed E-state index contributed by atoms with van der Waals surface area (Å²) in [5, 5.41) is 1.28. The van der Waals surface area contributed by atoms with E-state index in [9.17, 15) is 0 Å². The molecule has 3 nitrogen and oxygen atoms in total. The highest BCUT2D eigenvalue weighted by molar-refractivity contribution is 5.83. The van der Waals surface area contributed by atoms with Crippen LogP contribution in [0.3, 0.4) is 0 Å². The van der Waals surface area contributed by atoms with Gasteiger partial charge in [0.15, 0.2) is 0 Å². The second-order valence-electron chi connectivity index (χ2n) is 5.78. The zero-order valence-electron chi connectivity index (χ0n) is 13.1. The molecule has 3 rings (SSSR count). The van der Waals surface area contributed by atoms with E-state index in [0.717, 1.165) is 6.42 Å². The van der Waals surface area contributed by atoms with Crippen molar-refractivity contribution < 1.29 is 4.74 Å². The SMILES string of the molecule is CN(C)C(Cc1c[nH]c2ccccc12)OCc1ccccc1. The van der Waals surface area contributed by atoms with E-state index in [1.807, 2.05) is 18.2 Å². The lowest BCUT2D eigenvalue weighted by Gasteiger charge is -2.24. The molecule has 3 heteroatoms. The molecule has 0 radical (unpaired) electrons. The molecule has 0 aliphatic rings. The first-order chi connectivity index (χ1) is 10.7. The van der Waals surface area contributed by atoms with Crippen LogP contribution in [0, 0.1) is 0 Å². The van der Waals surface area contributed by atoms with Gasteiger partial charge in [-0.05, 0) is 31.3 Å². The third-order valence-electron chi connectivity index (χ3n) is 3.93. The van der Waals surface area contributed by atoms with Crippen LogP contribution in [0.5, 0.6) is 0 Å². The largest absolute Gasteiger partial charge is 0.361 e. The van der Waals surface area contributed by atoms with Crippen molar-refractivity contribution in [3.05, 3.63) is 71.9 Å². The van der Waals surface area contributed by atoms with Crippen molar-refractivity contribution in [2.75, 3.05) is 14.1 Å². The van der Waals surface area contributed by atoms with Crippen molar-refractivity contribution in [3.63, 3.8) is 0 Å². The van der Waals surface area contributed by atoms with Crippen molar-refractivity contribution in [1.82, 2.24) is 9.88 Å². The summed E-state index contributed by atoms with van der Waals surface area (Å²) in [6.07, 6.45) is 3.01. The van der Waals surface area contributed by atoms with Gasteiger partial charge in [-0.25, -0.2) is 0 Å². The molecule has 0 amide bonds. The number of benzene rings is 2. The summed E-state index contributed by atoms with van der Waals surface area (Å²) >= 11 is 0. The summed E-state index contributed by atoms with van der Waals surface area (Å²) in [6, 6.07) is 18.7. The van der Waals surface area contributed by atoms with Gasteiger partial charge in [0, 0.05) is 23.5 Å². The molecule has 0 saturated carbocycles. The normalized spacial score (nSPS) is 12.9. The number of aromatic nitrogens is 1. The molecule has 1 unspecified atom stereocenters. The Morgan fingerprint density at radius 3 is 2.50 bits per heavy atom. The maximum absolute atomic E-state index is 6.12. The maximum Gasteiger partial charge on any atom is 0.114 e. The van der Waals surface area contributed by atoms with E-state index >= 15 is 0 Å². The Bertz CT molecular complexity index is 718. The van der Waals surface area contributed by atoms with Gasteiger partial charge in [0.25, 0.3) is 0 Å². The van der Waals surface area contributed by atoms with Crippen LogP contribution in [0.15, 0.2) is 60.8 Å². The molecule has 114 valence electrons. The van der Waals surface area contributed by atoms with Gasteiger partial charge < -0.3 is 9.72 Å². The smallest absolute Gasteiger partial charge is 0.114 e. The lowest BCUT2D eigenvalue weighted by atomic mass is 10.1. The fourth-order valence-electron chi connectivity index (χ4n) is 2.65. The third kappa shape index (κ3) is 3.38. The minimum absolute atomic E-state index is 0.0550. The zero-order chi connectivity index (χ0) is 15.4. The predicted molar refractivity (Wildman–Crippen MR) is 90.7 cm³/mol. The van der Waals surface area contributed by atoms with Crippen LogP contribution in [0.1, 0.15) is 11.1 Å². The number of H-pyrrole nitrogens is 1. The second-order valence-corrected chi connectivity index (χ2v) is 5.78. The Balaban J connectivity index is 1.72. The molecule has 1 heterocycles. The van der Waals surface area contributed by atoms with Crippen molar-refractivity contribution in [3.8, 4) is 0 Å². The van der Waals surface area contributed by atoms with Gasteiger partial charge in [-0.15, -0.1) is 0 Å². The standard InChI is InChI=1S/C19H22N2O/c1-21(2)19(22-14-15-8-4-3-5-9-15)12-16-13-20-18-11-7-6-10-17(16)18/h3-11,13,19-20H,12,14H2,1-2H3. The van der Waals surface area contributed by atoms with Gasteiger partial charge in [0.1, 0.15) is 6.23 Å². The number of nitrogens with one attached hydrogen (secondary N) is 1. The first kappa shape index (κ1) is 14.8. The van der Waals surface area contributed by atoms with Crippen molar-refractivity contribution in [2.45, 2.75) is 19.3 Å². The Kier molecular flexibility index (Phi) is 4.56. The molecule has 3 aromatic rings. The van der Waals surface area contributed by atoms with Crippen LogP contribution >= 0.6 is 0 Å². The molecule has 0 saturated heterocycles. The summed E-state index contributed by atoms with van der Waals surface area (Å²) in [7, 11) is 4.12. The molecule has 0 aliphatic heterocycles. The Morgan fingerprint density at radius 1 is 1.00 bits per heavy atom. The Morgan fingerprint density at radius 2 is 1.73 bits per heavy atom. The highest BCUT2D eigenvalue weighted by Gasteiger charge is 2.15. The lowest BCUT2D eigenvalue weighted by Crippen LogP contribution is -2.32. The van der Waals surface area contributed by atoms with E-state index in [1.165, 1.54) is 22.0 Å². The molecule has 22 heavy (non-hydrogen) atoms. The molecule has 0 bridgehead atoms. The number of hydrogen-bond acceptors (Lipinski definition) is 2. The van der Waals surface area contributed by atoms with Crippen LogP contribution in [-0.4, -0.2) is 30.2 Å². The van der Waals surface area contributed by atoms with E-state index < -0.39 is 0 Å². The number of para-hydroxylation sites is 1. The van der Waals surface area contributed by atoms with Gasteiger partial charge >= 0.3 is 0 Å². The zero-order valence-corrected chi connectivity index (χ0v) is 13.1. The summed E-state index contributed by atoms with van der Waals surface area (Å²) in [6.45, 7) is 0.631. The molecule has 0 aliphatic carbocycles. The average molecular weight is 294 g/mol. The molecular weight excluding hydrogens is 272 g/mol. The fraction of sp³-hybridized carbons (Fsp3) is 0.263. The number of nitrogens with zero attached hydrogens (tertiary/aromatic N) is 1. The molecule has 1 N–H and O–H groups in total. The predicted octanol–water partition coefficient (Wildman–Crippen LogP) is 3.81. The third-order valence-corrected chi connectivity index (χ3v) is 3.93. The first-order valence-corrected chi connectivity index (χ1v) is 7.61. The minimum atomic E-state index is 0.0550. The number of rotatable bonds is 6. The Hall–Kier alpha value is -2.10. The summed E-state index contributed by atoms with van der Waals surface area (Å²) < 4.78 is 6.12. The lowest BCUT2D eigenvalue weighted by molar-refractivity contribution is -0.0450.